The fraction of sp³-hybridized carbons (Fsp3) is 0.375. The van der Waals surface area contributed by atoms with Crippen molar-refractivity contribution in [2.75, 3.05) is 13.1 Å². The molecule has 0 atom stereocenters. The topological polar surface area (TPSA) is 97.6 Å². The van der Waals surface area contributed by atoms with Gasteiger partial charge in [-0.25, -0.2) is 9.59 Å². The van der Waals surface area contributed by atoms with Crippen LogP contribution in [0.5, 0.6) is 0 Å². The molecule has 1 amide bonds. The number of ether oxygens (including phenoxy) is 1. The number of amides is 1. The molecule has 8 heteroatoms. The maximum Gasteiger partial charge on any atom is 0.410 e. The number of likely N-dealkylation sites (tertiary alicyclic amines) is 1. The number of carbonyl (C=O) groups excluding carboxylic acids is 1. The van der Waals surface area contributed by atoms with Gasteiger partial charge in [-0.15, -0.1) is 5.10 Å². The van der Waals surface area contributed by atoms with E-state index in [0.717, 1.165) is 5.56 Å². The predicted molar refractivity (Wildman–Crippen MR) is 83.5 cm³/mol. The van der Waals surface area contributed by atoms with Crippen LogP contribution >= 0.6 is 0 Å². The van der Waals surface area contributed by atoms with E-state index in [-0.39, 0.29) is 24.4 Å². The number of carboxylic acids is 1. The molecule has 0 aliphatic carbocycles. The zero-order valence-electron chi connectivity index (χ0n) is 13.0. The van der Waals surface area contributed by atoms with Gasteiger partial charge >= 0.3 is 12.1 Å². The van der Waals surface area contributed by atoms with Crippen LogP contribution in [0.2, 0.25) is 0 Å². The highest BCUT2D eigenvalue weighted by Gasteiger charge is 2.26. The number of carboxylic acid groups (broad SMARTS) is 1. The van der Waals surface area contributed by atoms with Crippen LogP contribution in [0.15, 0.2) is 36.5 Å². The minimum absolute atomic E-state index is 0.00345. The molecule has 3 rings (SSSR count). The molecule has 0 bridgehead atoms. The molecule has 1 N–H and O–H groups in total. The number of hydrogen-bond acceptors (Lipinski definition) is 5. The van der Waals surface area contributed by atoms with Crippen molar-refractivity contribution in [2.45, 2.75) is 25.5 Å². The molecule has 1 fully saturated rings. The lowest BCUT2D eigenvalue weighted by molar-refractivity contribution is 0.0688. The molecular weight excluding hydrogens is 312 g/mol. The van der Waals surface area contributed by atoms with Crippen LogP contribution in [0.4, 0.5) is 4.79 Å². The molecule has 2 aromatic rings. The van der Waals surface area contributed by atoms with Gasteiger partial charge in [0.1, 0.15) is 6.61 Å². The van der Waals surface area contributed by atoms with Gasteiger partial charge in [-0.2, -0.15) is 9.90 Å². The molecule has 1 saturated heterocycles. The summed E-state index contributed by atoms with van der Waals surface area (Å²) in [4.78, 5) is 26.0. The van der Waals surface area contributed by atoms with Crippen molar-refractivity contribution in [2.24, 2.45) is 0 Å². The molecule has 1 aliphatic rings. The van der Waals surface area contributed by atoms with E-state index in [4.69, 9.17) is 9.84 Å². The van der Waals surface area contributed by atoms with Gasteiger partial charge in [-0.05, 0) is 18.4 Å². The van der Waals surface area contributed by atoms with Crippen LogP contribution in [-0.2, 0) is 11.3 Å². The first-order valence-electron chi connectivity index (χ1n) is 7.74. The summed E-state index contributed by atoms with van der Waals surface area (Å²) in [5.41, 5.74) is 0.877. The van der Waals surface area contributed by atoms with Crippen molar-refractivity contribution in [3.63, 3.8) is 0 Å². The number of aromatic nitrogens is 3. The van der Waals surface area contributed by atoms with Crippen molar-refractivity contribution < 1.29 is 19.4 Å². The highest BCUT2D eigenvalue weighted by molar-refractivity contribution is 5.84. The van der Waals surface area contributed by atoms with Crippen LogP contribution < -0.4 is 0 Å². The molecule has 0 saturated carbocycles. The lowest BCUT2D eigenvalue weighted by Gasteiger charge is -2.30. The Morgan fingerprint density at radius 2 is 1.92 bits per heavy atom. The molecule has 1 aromatic heterocycles. The van der Waals surface area contributed by atoms with Gasteiger partial charge in [0.25, 0.3) is 0 Å². The third-order valence-electron chi connectivity index (χ3n) is 3.98. The summed E-state index contributed by atoms with van der Waals surface area (Å²) in [6, 6.07) is 9.52. The van der Waals surface area contributed by atoms with Crippen molar-refractivity contribution in [3.8, 4) is 0 Å². The Morgan fingerprint density at radius 1 is 1.21 bits per heavy atom. The average Bonchev–Trinajstić information content (AvgIpc) is 3.11. The minimum Gasteiger partial charge on any atom is -0.476 e. The summed E-state index contributed by atoms with van der Waals surface area (Å²) < 4.78 is 5.32. The summed E-state index contributed by atoms with van der Waals surface area (Å²) in [6.07, 6.45) is 2.22. The third kappa shape index (κ3) is 3.70. The zero-order valence-corrected chi connectivity index (χ0v) is 13.0. The Bertz CT molecular complexity index is 708. The minimum atomic E-state index is -1.09. The van der Waals surface area contributed by atoms with Gasteiger partial charge in [0.15, 0.2) is 5.69 Å². The largest absolute Gasteiger partial charge is 0.476 e. The summed E-state index contributed by atoms with van der Waals surface area (Å²) in [7, 11) is 0. The second kappa shape index (κ2) is 7.12. The van der Waals surface area contributed by atoms with E-state index >= 15 is 0 Å². The van der Waals surface area contributed by atoms with E-state index in [1.165, 1.54) is 11.0 Å². The van der Waals surface area contributed by atoms with Crippen molar-refractivity contribution >= 4 is 12.1 Å². The summed E-state index contributed by atoms with van der Waals surface area (Å²) in [5.74, 6) is -1.09. The van der Waals surface area contributed by atoms with E-state index in [2.05, 4.69) is 10.2 Å². The average molecular weight is 330 g/mol. The summed E-state index contributed by atoms with van der Waals surface area (Å²) >= 11 is 0. The van der Waals surface area contributed by atoms with Crippen LogP contribution in [0.3, 0.4) is 0 Å². The van der Waals surface area contributed by atoms with Crippen molar-refractivity contribution in [1.29, 1.82) is 0 Å². The Kier molecular flexibility index (Phi) is 4.74. The summed E-state index contributed by atoms with van der Waals surface area (Å²) in [6.45, 7) is 1.31. The van der Waals surface area contributed by atoms with Gasteiger partial charge in [0, 0.05) is 13.1 Å². The molecule has 8 nitrogen and oxygen atoms in total. The van der Waals surface area contributed by atoms with Gasteiger partial charge in [0.2, 0.25) is 0 Å². The Hall–Kier alpha value is -2.90. The smallest absolute Gasteiger partial charge is 0.410 e. The van der Waals surface area contributed by atoms with Gasteiger partial charge in [-0.3, -0.25) is 0 Å². The van der Waals surface area contributed by atoms with E-state index < -0.39 is 5.97 Å². The lowest BCUT2D eigenvalue weighted by Crippen LogP contribution is -2.39. The second-order valence-corrected chi connectivity index (χ2v) is 5.61. The Morgan fingerprint density at radius 3 is 2.54 bits per heavy atom. The van der Waals surface area contributed by atoms with Gasteiger partial charge in [0.05, 0.1) is 12.2 Å². The zero-order chi connectivity index (χ0) is 16.9. The number of aromatic carboxylic acids is 1. The molecule has 0 unspecified atom stereocenters. The van der Waals surface area contributed by atoms with E-state index in [1.807, 2.05) is 30.3 Å². The number of carbonyl (C=O) groups is 2. The Balaban J connectivity index is 1.49. The molecule has 0 spiro atoms. The fourth-order valence-corrected chi connectivity index (χ4v) is 2.64. The maximum atomic E-state index is 12.1. The molecule has 1 aliphatic heterocycles. The van der Waals surface area contributed by atoms with E-state index in [0.29, 0.717) is 25.9 Å². The lowest BCUT2D eigenvalue weighted by atomic mass is 10.1. The second-order valence-electron chi connectivity index (χ2n) is 5.61. The van der Waals surface area contributed by atoms with Crippen molar-refractivity contribution in [3.05, 3.63) is 47.8 Å². The number of benzene rings is 1. The number of hydrogen-bond donors (Lipinski definition) is 1. The number of rotatable bonds is 4. The van der Waals surface area contributed by atoms with Gasteiger partial charge < -0.3 is 14.7 Å². The normalized spacial score (nSPS) is 15.2. The SMILES string of the molecule is O=C(O)c1cnn(C2CCN(C(=O)OCc3ccccc3)CC2)n1. The summed E-state index contributed by atoms with van der Waals surface area (Å²) in [5, 5.41) is 16.8. The quantitative estimate of drug-likeness (QED) is 0.920. The first-order valence-corrected chi connectivity index (χ1v) is 7.74. The first-order chi connectivity index (χ1) is 11.6. The third-order valence-corrected chi connectivity index (χ3v) is 3.98. The standard InChI is InChI=1S/C16H18N4O4/c21-15(22)14-10-17-20(18-14)13-6-8-19(9-7-13)16(23)24-11-12-4-2-1-3-5-12/h1-5,10,13H,6-9,11H2,(H,21,22). The highest BCUT2D eigenvalue weighted by atomic mass is 16.6. The van der Waals surface area contributed by atoms with Crippen LogP contribution in [0, 0.1) is 0 Å². The Labute approximate surface area is 138 Å². The molecule has 0 radical (unpaired) electrons. The van der Waals surface area contributed by atoms with Crippen LogP contribution in [0.1, 0.15) is 34.9 Å². The van der Waals surface area contributed by atoms with E-state index in [9.17, 15) is 9.59 Å². The molecule has 1 aromatic carbocycles. The van der Waals surface area contributed by atoms with E-state index in [1.54, 1.807) is 4.90 Å². The molecular formula is C16H18N4O4. The number of piperidine rings is 1. The fourth-order valence-electron chi connectivity index (χ4n) is 2.64. The number of nitrogens with zero attached hydrogens (tertiary/aromatic N) is 4. The first kappa shape index (κ1) is 16.0. The molecule has 126 valence electrons. The van der Waals surface area contributed by atoms with Gasteiger partial charge in [-0.1, -0.05) is 30.3 Å². The highest BCUT2D eigenvalue weighted by Crippen LogP contribution is 2.21. The predicted octanol–water partition coefficient (Wildman–Crippen LogP) is 1.95. The maximum absolute atomic E-state index is 12.1. The van der Waals surface area contributed by atoms with Crippen molar-refractivity contribution in [1.82, 2.24) is 19.9 Å². The monoisotopic (exact) mass is 330 g/mol. The van der Waals surface area contributed by atoms with Crippen LogP contribution in [0.25, 0.3) is 0 Å². The molecule has 2 heterocycles. The molecule has 24 heavy (non-hydrogen) atoms. The van der Waals surface area contributed by atoms with Crippen LogP contribution in [-0.4, -0.2) is 50.2 Å².